The molecule has 1 heterocycles. The molecule has 64 valence electrons. The zero-order valence-electron chi connectivity index (χ0n) is 7.26. The highest BCUT2D eigenvalue weighted by molar-refractivity contribution is 5.73. The molecular weight excluding hydrogens is 140 g/mol. The molecular formula is C8H16N2O. The SMILES string of the molecule is CCN(C(C)=O)C1CCNC1. The summed E-state index contributed by atoms with van der Waals surface area (Å²) in [5.74, 6) is 0.196. The van der Waals surface area contributed by atoms with Gasteiger partial charge in [-0.15, -0.1) is 0 Å². The third kappa shape index (κ3) is 1.93. The molecule has 1 unspecified atom stereocenters. The topological polar surface area (TPSA) is 32.3 Å². The highest BCUT2D eigenvalue weighted by Gasteiger charge is 2.22. The number of hydrogen-bond donors (Lipinski definition) is 1. The zero-order valence-corrected chi connectivity index (χ0v) is 7.26. The molecule has 0 aromatic rings. The fourth-order valence-electron chi connectivity index (χ4n) is 1.64. The van der Waals surface area contributed by atoms with Crippen LogP contribution in [0.4, 0.5) is 0 Å². The highest BCUT2D eigenvalue weighted by Crippen LogP contribution is 2.07. The smallest absolute Gasteiger partial charge is 0.219 e. The van der Waals surface area contributed by atoms with Crippen LogP contribution in [0.15, 0.2) is 0 Å². The van der Waals surface area contributed by atoms with Crippen LogP contribution >= 0.6 is 0 Å². The number of carbonyl (C=O) groups excluding carboxylic acids is 1. The summed E-state index contributed by atoms with van der Waals surface area (Å²) in [5.41, 5.74) is 0. The van der Waals surface area contributed by atoms with Crippen LogP contribution < -0.4 is 5.32 Å². The molecule has 0 aliphatic carbocycles. The summed E-state index contributed by atoms with van der Waals surface area (Å²) >= 11 is 0. The van der Waals surface area contributed by atoms with E-state index in [0.717, 1.165) is 26.1 Å². The van der Waals surface area contributed by atoms with Gasteiger partial charge in [-0.3, -0.25) is 4.79 Å². The van der Waals surface area contributed by atoms with Crippen molar-refractivity contribution in [3.63, 3.8) is 0 Å². The van der Waals surface area contributed by atoms with E-state index in [0.29, 0.717) is 6.04 Å². The quantitative estimate of drug-likeness (QED) is 0.620. The van der Waals surface area contributed by atoms with Gasteiger partial charge < -0.3 is 10.2 Å². The third-order valence-corrected chi connectivity index (χ3v) is 2.22. The summed E-state index contributed by atoms with van der Waals surface area (Å²) in [5, 5.41) is 3.25. The van der Waals surface area contributed by atoms with Crippen molar-refractivity contribution in [3.8, 4) is 0 Å². The molecule has 0 saturated carbocycles. The average molecular weight is 156 g/mol. The monoisotopic (exact) mass is 156 g/mol. The zero-order chi connectivity index (χ0) is 8.27. The molecule has 0 aromatic carbocycles. The Balaban J connectivity index is 2.46. The minimum absolute atomic E-state index is 0.196. The molecule has 1 aliphatic heterocycles. The van der Waals surface area contributed by atoms with Gasteiger partial charge in [-0.2, -0.15) is 0 Å². The Morgan fingerprint density at radius 1 is 1.73 bits per heavy atom. The first-order valence-corrected chi connectivity index (χ1v) is 4.23. The Morgan fingerprint density at radius 2 is 2.45 bits per heavy atom. The Morgan fingerprint density at radius 3 is 2.82 bits per heavy atom. The first kappa shape index (κ1) is 8.53. The Labute approximate surface area is 67.8 Å². The molecule has 0 aromatic heterocycles. The summed E-state index contributed by atoms with van der Waals surface area (Å²) in [6.45, 7) is 6.52. The predicted octanol–water partition coefficient (Wildman–Crippen LogP) is 0.217. The number of rotatable bonds is 2. The number of nitrogens with zero attached hydrogens (tertiary/aromatic N) is 1. The van der Waals surface area contributed by atoms with Crippen molar-refractivity contribution in [3.05, 3.63) is 0 Å². The third-order valence-electron chi connectivity index (χ3n) is 2.22. The molecule has 1 fully saturated rings. The average Bonchev–Trinajstić information content (AvgIpc) is 2.40. The van der Waals surface area contributed by atoms with Gasteiger partial charge in [0.15, 0.2) is 0 Å². The minimum atomic E-state index is 0.196. The van der Waals surface area contributed by atoms with E-state index in [1.807, 2.05) is 11.8 Å². The van der Waals surface area contributed by atoms with E-state index < -0.39 is 0 Å². The number of hydrogen-bond acceptors (Lipinski definition) is 2. The van der Waals surface area contributed by atoms with Crippen LogP contribution in [-0.4, -0.2) is 36.5 Å². The molecule has 1 rings (SSSR count). The van der Waals surface area contributed by atoms with Crippen LogP contribution in [0.2, 0.25) is 0 Å². The second-order valence-corrected chi connectivity index (χ2v) is 2.95. The second kappa shape index (κ2) is 3.72. The van der Waals surface area contributed by atoms with Gasteiger partial charge in [0.05, 0.1) is 0 Å². The molecule has 11 heavy (non-hydrogen) atoms. The van der Waals surface area contributed by atoms with E-state index in [1.165, 1.54) is 0 Å². The molecule has 3 nitrogen and oxygen atoms in total. The Kier molecular flexibility index (Phi) is 2.88. The standard InChI is InChI=1S/C8H16N2O/c1-3-10(7(2)11)8-4-5-9-6-8/h8-9H,3-6H2,1-2H3. The van der Waals surface area contributed by atoms with Crippen molar-refractivity contribution >= 4 is 5.91 Å². The molecule has 1 atom stereocenters. The maximum Gasteiger partial charge on any atom is 0.219 e. The van der Waals surface area contributed by atoms with Gasteiger partial charge in [-0.25, -0.2) is 0 Å². The van der Waals surface area contributed by atoms with Crippen LogP contribution in [0.25, 0.3) is 0 Å². The lowest BCUT2D eigenvalue weighted by atomic mass is 10.2. The maximum absolute atomic E-state index is 11.1. The van der Waals surface area contributed by atoms with E-state index in [1.54, 1.807) is 6.92 Å². The lowest BCUT2D eigenvalue weighted by Crippen LogP contribution is -2.39. The van der Waals surface area contributed by atoms with Gasteiger partial charge in [0.1, 0.15) is 0 Å². The molecule has 1 N–H and O–H groups in total. The van der Waals surface area contributed by atoms with Crippen LogP contribution in [0.1, 0.15) is 20.3 Å². The van der Waals surface area contributed by atoms with Gasteiger partial charge in [-0.1, -0.05) is 0 Å². The molecule has 0 spiro atoms. The first-order chi connectivity index (χ1) is 5.25. The van der Waals surface area contributed by atoms with Crippen molar-refractivity contribution in [1.29, 1.82) is 0 Å². The fourth-order valence-corrected chi connectivity index (χ4v) is 1.64. The number of carbonyl (C=O) groups is 1. The minimum Gasteiger partial charge on any atom is -0.339 e. The normalized spacial score (nSPS) is 23.6. The van der Waals surface area contributed by atoms with Crippen molar-refractivity contribution in [2.24, 2.45) is 0 Å². The molecule has 0 radical (unpaired) electrons. The molecule has 0 bridgehead atoms. The Bertz CT molecular complexity index is 141. The lowest BCUT2D eigenvalue weighted by molar-refractivity contribution is -0.130. The van der Waals surface area contributed by atoms with Crippen LogP contribution in [0.5, 0.6) is 0 Å². The fraction of sp³-hybridized carbons (Fsp3) is 0.875. The summed E-state index contributed by atoms with van der Waals surface area (Å²) in [6, 6.07) is 0.442. The van der Waals surface area contributed by atoms with Crippen molar-refractivity contribution < 1.29 is 4.79 Å². The van der Waals surface area contributed by atoms with Gasteiger partial charge >= 0.3 is 0 Å². The van der Waals surface area contributed by atoms with Gasteiger partial charge in [0, 0.05) is 26.1 Å². The summed E-state index contributed by atoms with van der Waals surface area (Å²) in [4.78, 5) is 13.0. The van der Waals surface area contributed by atoms with E-state index in [9.17, 15) is 4.79 Å². The molecule has 1 aliphatic rings. The molecule has 1 saturated heterocycles. The Hall–Kier alpha value is -0.570. The van der Waals surface area contributed by atoms with Gasteiger partial charge in [0.25, 0.3) is 0 Å². The van der Waals surface area contributed by atoms with Crippen LogP contribution in [0, 0.1) is 0 Å². The van der Waals surface area contributed by atoms with Gasteiger partial charge in [0.2, 0.25) is 5.91 Å². The molecule has 1 amide bonds. The first-order valence-electron chi connectivity index (χ1n) is 4.23. The predicted molar refractivity (Wildman–Crippen MR) is 44.3 cm³/mol. The summed E-state index contributed by atoms with van der Waals surface area (Å²) in [7, 11) is 0. The van der Waals surface area contributed by atoms with Crippen molar-refractivity contribution in [2.75, 3.05) is 19.6 Å². The van der Waals surface area contributed by atoms with Gasteiger partial charge in [-0.05, 0) is 19.9 Å². The highest BCUT2D eigenvalue weighted by atomic mass is 16.2. The summed E-state index contributed by atoms with van der Waals surface area (Å²) in [6.07, 6.45) is 1.10. The van der Waals surface area contributed by atoms with E-state index in [4.69, 9.17) is 0 Å². The number of amides is 1. The second-order valence-electron chi connectivity index (χ2n) is 2.95. The number of likely N-dealkylation sites (N-methyl/N-ethyl adjacent to an activating group) is 1. The van der Waals surface area contributed by atoms with Crippen molar-refractivity contribution in [2.45, 2.75) is 26.3 Å². The van der Waals surface area contributed by atoms with E-state index in [-0.39, 0.29) is 5.91 Å². The largest absolute Gasteiger partial charge is 0.339 e. The van der Waals surface area contributed by atoms with Crippen LogP contribution in [-0.2, 0) is 4.79 Å². The number of nitrogens with one attached hydrogen (secondary N) is 1. The maximum atomic E-state index is 11.1. The molecule has 3 heteroatoms. The van der Waals surface area contributed by atoms with Crippen LogP contribution in [0.3, 0.4) is 0 Å². The van der Waals surface area contributed by atoms with Crippen molar-refractivity contribution in [1.82, 2.24) is 10.2 Å². The van der Waals surface area contributed by atoms with E-state index in [2.05, 4.69) is 5.32 Å². The van der Waals surface area contributed by atoms with E-state index >= 15 is 0 Å². The summed E-state index contributed by atoms with van der Waals surface area (Å²) < 4.78 is 0. The lowest BCUT2D eigenvalue weighted by Gasteiger charge is -2.25.